The van der Waals surface area contributed by atoms with Gasteiger partial charge in [-0.05, 0) is 43.2 Å². The predicted molar refractivity (Wildman–Crippen MR) is 108 cm³/mol. The zero-order chi connectivity index (χ0) is 21.9. The van der Waals surface area contributed by atoms with E-state index < -0.39 is 27.7 Å². The lowest BCUT2D eigenvalue weighted by atomic mass is 10.3. The zero-order valence-electron chi connectivity index (χ0n) is 15.4. The fraction of sp³-hybridized carbons (Fsp3) is 0.333. The third-order valence-corrected chi connectivity index (χ3v) is 7.63. The van der Waals surface area contributed by atoms with Crippen LogP contribution in [0.3, 0.4) is 0 Å². The topological polar surface area (TPSA) is 79.4 Å². The summed E-state index contributed by atoms with van der Waals surface area (Å²) >= 11 is 6.71. The van der Waals surface area contributed by atoms with Gasteiger partial charge in [0, 0.05) is 25.0 Å². The van der Waals surface area contributed by atoms with Crippen molar-refractivity contribution in [2.24, 2.45) is 0 Å². The maximum absolute atomic E-state index is 12.6. The number of sulfonamides is 1. The molecule has 1 fully saturated rings. The van der Waals surface area contributed by atoms with E-state index in [9.17, 15) is 26.4 Å². The molecule has 30 heavy (non-hydrogen) atoms. The summed E-state index contributed by atoms with van der Waals surface area (Å²) in [6.45, 7) is 0.997. The maximum Gasteiger partial charge on any atom is 0.417 e. The van der Waals surface area contributed by atoms with Crippen LogP contribution in [0.2, 0.25) is 5.02 Å². The molecule has 0 spiro atoms. The fourth-order valence-corrected chi connectivity index (χ4v) is 5.32. The average Bonchev–Trinajstić information content (AvgIpc) is 3.22. The third-order valence-electron chi connectivity index (χ3n) is 4.32. The van der Waals surface area contributed by atoms with E-state index >= 15 is 0 Å². The Morgan fingerprint density at radius 2 is 1.83 bits per heavy atom. The van der Waals surface area contributed by atoms with Gasteiger partial charge in [-0.15, -0.1) is 0 Å². The second kappa shape index (κ2) is 9.13. The van der Waals surface area contributed by atoms with E-state index in [0.29, 0.717) is 25.0 Å². The predicted octanol–water partition coefficient (Wildman–Crippen LogP) is 4.27. The van der Waals surface area contributed by atoms with Crippen molar-refractivity contribution in [3.8, 4) is 0 Å². The van der Waals surface area contributed by atoms with Crippen molar-refractivity contribution in [3.05, 3.63) is 47.1 Å². The molecule has 162 valence electrons. The SMILES string of the molecule is O=C(CSc1ncc(C(F)(F)F)cc1Cl)Nc1ccc(S(=O)(=O)N2CCCC2)cc1. The minimum atomic E-state index is -4.55. The summed E-state index contributed by atoms with van der Waals surface area (Å²) in [5.74, 6) is -0.570. The Labute approximate surface area is 180 Å². The Bertz CT molecular complexity index is 1030. The van der Waals surface area contributed by atoms with Crippen LogP contribution in [0.1, 0.15) is 18.4 Å². The van der Waals surface area contributed by atoms with E-state index in [4.69, 9.17) is 11.6 Å². The number of thioether (sulfide) groups is 1. The van der Waals surface area contributed by atoms with Crippen LogP contribution in [0.15, 0.2) is 46.5 Å². The molecule has 0 bridgehead atoms. The van der Waals surface area contributed by atoms with Crippen molar-refractivity contribution in [2.45, 2.75) is 28.9 Å². The number of nitrogens with one attached hydrogen (secondary N) is 1. The molecule has 0 atom stereocenters. The first-order valence-electron chi connectivity index (χ1n) is 8.83. The number of hydrogen-bond donors (Lipinski definition) is 1. The second-order valence-electron chi connectivity index (χ2n) is 6.48. The number of carbonyl (C=O) groups is 1. The number of anilines is 1. The molecule has 0 unspecified atom stereocenters. The summed E-state index contributed by atoms with van der Waals surface area (Å²) in [6, 6.07) is 6.56. The largest absolute Gasteiger partial charge is 0.417 e. The summed E-state index contributed by atoms with van der Waals surface area (Å²) < 4.78 is 64.3. The van der Waals surface area contributed by atoms with Crippen molar-refractivity contribution in [3.63, 3.8) is 0 Å². The van der Waals surface area contributed by atoms with Crippen LogP contribution in [0.25, 0.3) is 0 Å². The number of aromatic nitrogens is 1. The van der Waals surface area contributed by atoms with Crippen molar-refractivity contribution in [1.82, 2.24) is 9.29 Å². The number of amides is 1. The highest BCUT2D eigenvalue weighted by atomic mass is 35.5. The average molecular weight is 480 g/mol. The summed E-state index contributed by atoms with van der Waals surface area (Å²) in [5, 5.41) is 2.50. The molecule has 12 heteroatoms. The van der Waals surface area contributed by atoms with Crippen LogP contribution in [-0.2, 0) is 21.0 Å². The smallest absolute Gasteiger partial charge is 0.325 e. The first-order chi connectivity index (χ1) is 14.1. The van der Waals surface area contributed by atoms with Crippen molar-refractivity contribution in [2.75, 3.05) is 24.2 Å². The highest BCUT2D eigenvalue weighted by molar-refractivity contribution is 8.00. The quantitative estimate of drug-likeness (QED) is 0.626. The molecule has 1 saturated heterocycles. The van der Waals surface area contributed by atoms with Crippen molar-refractivity contribution >= 4 is 45.0 Å². The highest BCUT2D eigenvalue weighted by Gasteiger charge is 2.31. The van der Waals surface area contributed by atoms with E-state index in [1.807, 2.05) is 0 Å². The minimum Gasteiger partial charge on any atom is -0.325 e. The molecule has 2 aromatic rings. The van der Waals surface area contributed by atoms with Crippen LogP contribution >= 0.6 is 23.4 Å². The number of benzene rings is 1. The van der Waals surface area contributed by atoms with Gasteiger partial charge in [0.25, 0.3) is 0 Å². The lowest BCUT2D eigenvalue weighted by molar-refractivity contribution is -0.137. The molecule has 3 rings (SSSR count). The number of halogens is 4. The normalized spacial score (nSPS) is 15.3. The molecule has 1 aromatic heterocycles. The molecule has 0 radical (unpaired) electrons. The summed E-state index contributed by atoms with van der Waals surface area (Å²) in [7, 11) is -3.54. The molecule has 1 aliphatic rings. The molecule has 1 aliphatic heterocycles. The molecule has 6 nitrogen and oxygen atoms in total. The van der Waals surface area contributed by atoms with Crippen LogP contribution in [0.4, 0.5) is 18.9 Å². The van der Waals surface area contributed by atoms with Gasteiger partial charge in [-0.3, -0.25) is 4.79 Å². The van der Waals surface area contributed by atoms with E-state index in [1.54, 1.807) is 0 Å². The monoisotopic (exact) mass is 479 g/mol. The summed E-state index contributed by atoms with van der Waals surface area (Å²) in [5.41, 5.74) is -0.572. The Balaban J connectivity index is 1.58. The van der Waals surface area contributed by atoms with Gasteiger partial charge >= 0.3 is 6.18 Å². The number of pyridine rings is 1. The molecule has 1 amide bonds. The molecule has 1 N–H and O–H groups in total. The number of alkyl halides is 3. The van der Waals surface area contributed by atoms with Gasteiger partial charge in [0.1, 0.15) is 5.03 Å². The minimum absolute atomic E-state index is 0.104. The maximum atomic E-state index is 12.6. The first-order valence-corrected chi connectivity index (χ1v) is 11.6. The highest BCUT2D eigenvalue weighted by Crippen LogP contribution is 2.33. The van der Waals surface area contributed by atoms with Gasteiger partial charge < -0.3 is 5.32 Å². The molecule has 2 heterocycles. The molecular formula is C18H17ClF3N3O3S2. The lowest BCUT2D eigenvalue weighted by Crippen LogP contribution is -2.27. The van der Waals surface area contributed by atoms with Crippen LogP contribution in [0, 0.1) is 0 Å². The Morgan fingerprint density at radius 1 is 1.20 bits per heavy atom. The third kappa shape index (κ3) is 5.45. The molecular weight excluding hydrogens is 463 g/mol. The van der Waals surface area contributed by atoms with Gasteiger partial charge in [0.2, 0.25) is 15.9 Å². The lowest BCUT2D eigenvalue weighted by Gasteiger charge is -2.15. The Hall–Kier alpha value is -1.82. The number of nitrogens with zero attached hydrogens (tertiary/aromatic N) is 2. The van der Waals surface area contributed by atoms with E-state index in [2.05, 4.69) is 10.3 Å². The summed E-state index contributed by atoms with van der Waals surface area (Å²) in [6.07, 6.45) is -2.22. The zero-order valence-corrected chi connectivity index (χ0v) is 17.8. The standard InChI is InChI=1S/C18H17ClF3N3O3S2/c19-15-9-12(18(20,21)22)10-23-17(15)29-11-16(26)24-13-3-5-14(6-4-13)30(27,28)25-7-1-2-8-25/h3-6,9-10H,1-2,7-8,11H2,(H,24,26). The molecule has 1 aromatic carbocycles. The second-order valence-corrected chi connectivity index (χ2v) is 9.79. The van der Waals surface area contributed by atoms with Gasteiger partial charge in [-0.1, -0.05) is 23.4 Å². The molecule has 0 aliphatic carbocycles. The fourth-order valence-electron chi connectivity index (χ4n) is 2.81. The molecule has 0 saturated carbocycles. The number of hydrogen-bond acceptors (Lipinski definition) is 5. The van der Waals surface area contributed by atoms with Crippen LogP contribution in [0.5, 0.6) is 0 Å². The number of carbonyl (C=O) groups excluding carboxylic acids is 1. The van der Waals surface area contributed by atoms with Gasteiger partial charge in [-0.2, -0.15) is 17.5 Å². The van der Waals surface area contributed by atoms with Crippen LogP contribution in [-0.4, -0.2) is 42.5 Å². The van der Waals surface area contributed by atoms with Crippen LogP contribution < -0.4 is 5.32 Å². The van der Waals surface area contributed by atoms with E-state index in [1.165, 1.54) is 28.6 Å². The number of rotatable bonds is 6. The van der Waals surface area contributed by atoms with Gasteiger partial charge in [0.05, 0.1) is 21.2 Å². The Morgan fingerprint density at radius 3 is 2.40 bits per heavy atom. The first kappa shape index (κ1) is 22.9. The van der Waals surface area contributed by atoms with Gasteiger partial charge in [-0.25, -0.2) is 13.4 Å². The van der Waals surface area contributed by atoms with Crippen molar-refractivity contribution in [1.29, 1.82) is 0 Å². The summed E-state index contributed by atoms with van der Waals surface area (Å²) in [4.78, 5) is 15.9. The Kier molecular flexibility index (Phi) is 6.95. The van der Waals surface area contributed by atoms with Crippen molar-refractivity contribution < 1.29 is 26.4 Å². The van der Waals surface area contributed by atoms with E-state index in [0.717, 1.165) is 30.7 Å². The van der Waals surface area contributed by atoms with E-state index in [-0.39, 0.29) is 20.7 Å². The van der Waals surface area contributed by atoms with Gasteiger partial charge in [0.15, 0.2) is 0 Å².